The molecular weight excluding hydrogens is 222 g/mol. The van der Waals surface area contributed by atoms with Crippen molar-refractivity contribution in [3.63, 3.8) is 0 Å². The second-order valence-corrected chi connectivity index (χ2v) is 4.16. The lowest BCUT2D eigenvalue weighted by atomic mass is 10.1. The maximum atomic E-state index is 5.65. The van der Waals surface area contributed by atoms with E-state index in [0.717, 1.165) is 27.9 Å². The molecule has 0 spiro atoms. The van der Waals surface area contributed by atoms with Crippen LogP contribution in [-0.2, 0) is 6.54 Å². The number of hydrogen-bond acceptors (Lipinski definition) is 3. The van der Waals surface area contributed by atoms with Gasteiger partial charge in [0.2, 0.25) is 0 Å². The maximum absolute atomic E-state index is 5.65. The van der Waals surface area contributed by atoms with E-state index in [9.17, 15) is 0 Å². The van der Waals surface area contributed by atoms with Crippen LogP contribution in [0.2, 0.25) is 0 Å². The zero-order valence-corrected chi connectivity index (χ0v) is 9.88. The third-order valence-electron chi connectivity index (χ3n) is 2.91. The van der Waals surface area contributed by atoms with Crippen LogP contribution in [0.25, 0.3) is 22.3 Å². The lowest BCUT2D eigenvalue weighted by Crippen LogP contribution is -1.97. The van der Waals surface area contributed by atoms with Gasteiger partial charge < -0.3 is 5.73 Å². The molecule has 0 saturated heterocycles. The van der Waals surface area contributed by atoms with Crippen LogP contribution in [0.5, 0.6) is 0 Å². The number of benzene rings is 2. The number of hydrogen-bond donors (Lipinski definition) is 1. The van der Waals surface area contributed by atoms with E-state index < -0.39 is 0 Å². The van der Waals surface area contributed by atoms with Gasteiger partial charge in [0.1, 0.15) is 0 Å². The summed E-state index contributed by atoms with van der Waals surface area (Å²) < 4.78 is 0. The number of rotatable bonds is 2. The van der Waals surface area contributed by atoms with Gasteiger partial charge in [-0.2, -0.15) is 0 Å². The van der Waals surface area contributed by atoms with Crippen molar-refractivity contribution in [2.75, 3.05) is 0 Å². The molecule has 2 N–H and O–H groups in total. The number of aromatic nitrogens is 2. The lowest BCUT2D eigenvalue weighted by molar-refractivity contribution is 1.07. The van der Waals surface area contributed by atoms with E-state index in [4.69, 9.17) is 5.73 Å². The fourth-order valence-electron chi connectivity index (χ4n) is 1.95. The van der Waals surface area contributed by atoms with Crippen LogP contribution in [0.3, 0.4) is 0 Å². The van der Waals surface area contributed by atoms with Crippen LogP contribution >= 0.6 is 0 Å². The van der Waals surface area contributed by atoms with Gasteiger partial charge in [0.15, 0.2) is 5.82 Å². The van der Waals surface area contributed by atoms with Gasteiger partial charge in [-0.25, -0.2) is 9.97 Å². The summed E-state index contributed by atoms with van der Waals surface area (Å²) in [5.41, 5.74) is 8.70. The molecule has 1 heterocycles. The van der Waals surface area contributed by atoms with Crippen molar-refractivity contribution in [1.29, 1.82) is 0 Å². The van der Waals surface area contributed by atoms with Crippen molar-refractivity contribution < 1.29 is 0 Å². The van der Waals surface area contributed by atoms with Crippen LogP contribution in [0, 0.1) is 0 Å². The Bertz CT molecular complexity index is 692. The number of nitrogens with two attached hydrogens (primary N) is 1. The topological polar surface area (TPSA) is 51.8 Å². The SMILES string of the molecule is NCc1cccc(-c2ncc3ccccc3n2)c1. The molecule has 0 aliphatic rings. The highest BCUT2D eigenvalue weighted by molar-refractivity contribution is 5.79. The summed E-state index contributed by atoms with van der Waals surface area (Å²) in [6.07, 6.45) is 1.85. The Hall–Kier alpha value is -2.26. The van der Waals surface area contributed by atoms with Gasteiger partial charge in [0.05, 0.1) is 5.52 Å². The van der Waals surface area contributed by atoms with Crippen molar-refractivity contribution in [1.82, 2.24) is 9.97 Å². The third kappa shape index (κ3) is 1.96. The molecule has 3 nitrogen and oxygen atoms in total. The summed E-state index contributed by atoms with van der Waals surface area (Å²) in [7, 11) is 0. The van der Waals surface area contributed by atoms with Crippen LogP contribution in [0.1, 0.15) is 5.56 Å². The first-order valence-electron chi connectivity index (χ1n) is 5.88. The molecule has 0 radical (unpaired) electrons. The summed E-state index contributed by atoms with van der Waals surface area (Å²) in [6.45, 7) is 0.529. The highest BCUT2D eigenvalue weighted by atomic mass is 14.9. The number of para-hydroxylation sites is 1. The molecule has 0 fully saturated rings. The van der Waals surface area contributed by atoms with Gasteiger partial charge >= 0.3 is 0 Å². The van der Waals surface area contributed by atoms with E-state index in [2.05, 4.69) is 9.97 Å². The van der Waals surface area contributed by atoms with Gasteiger partial charge in [-0.3, -0.25) is 0 Å². The first kappa shape index (κ1) is 10.9. The molecule has 3 rings (SSSR count). The van der Waals surface area contributed by atoms with Crippen molar-refractivity contribution in [3.8, 4) is 11.4 Å². The molecule has 0 aliphatic heterocycles. The normalized spacial score (nSPS) is 10.7. The maximum Gasteiger partial charge on any atom is 0.159 e. The molecule has 0 aliphatic carbocycles. The van der Waals surface area contributed by atoms with Gasteiger partial charge in [-0.1, -0.05) is 36.4 Å². The van der Waals surface area contributed by atoms with E-state index in [-0.39, 0.29) is 0 Å². The van der Waals surface area contributed by atoms with Crippen molar-refractivity contribution in [2.24, 2.45) is 5.73 Å². The molecule has 2 aromatic carbocycles. The Morgan fingerprint density at radius 3 is 2.78 bits per heavy atom. The number of nitrogens with zero attached hydrogens (tertiary/aromatic N) is 2. The molecule has 0 saturated carbocycles. The van der Waals surface area contributed by atoms with E-state index in [0.29, 0.717) is 6.54 Å². The van der Waals surface area contributed by atoms with Gasteiger partial charge in [0.25, 0.3) is 0 Å². The van der Waals surface area contributed by atoms with E-state index in [1.165, 1.54) is 0 Å². The van der Waals surface area contributed by atoms with Gasteiger partial charge in [-0.15, -0.1) is 0 Å². The first-order chi connectivity index (χ1) is 8.86. The third-order valence-corrected chi connectivity index (χ3v) is 2.91. The highest BCUT2D eigenvalue weighted by Crippen LogP contribution is 2.19. The molecule has 0 bridgehead atoms. The summed E-state index contributed by atoms with van der Waals surface area (Å²) >= 11 is 0. The fraction of sp³-hybridized carbons (Fsp3) is 0.0667. The Kier molecular flexibility index (Phi) is 2.74. The molecule has 18 heavy (non-hydrogen) atoms. The Morgan fingerprint density at radius 2 is 1.89 bits per heavy atom. The summed E-state index contributed by atoms with van der Waals surface area (Å²) in [6, 6.07) is 16.0. The lowest BCUT2D eigenvalue weighted by Gasteiger charge is -2.04. The quantitative estimate of drug-likeness (QED) is 0.743. The van der Waals surface area contributed by atoms with E-state index >= 15 is 0 Å². The van der Waals surface area contributed by atoms with E-state index in [1.54, 1.807) is 0 Å². The van der Waals surface area contributed by atoms with Crippen LogP contribution in [0.15, 0.2) is 54.7 Å². The number of fused-ring (bicyclic) bond motifs is 1. The largest absolute Gasteiger partial charge is 0.326 e. The van der Waals surface area contributed by atoms with Crippen molar-refractivity contribution >= 4 is 10.9 Å². The second-order valence-electron chi connectivity index (χ2n) is 4.16. The molecule has 88 valence electrons. The van der Waals surface area contributed by atoms with Crippen molar-refractivity contribution in [3.05, 3.63) is 60.3 Å². The molecule has 3 aromatic rings. The van der Waals surface area contributed by atoms with Gasteiger partial charge in [0, 0.05) is 23.7 Å². The Morgan fingerprint density at radius 1 is 1.00 bits per heavy atom. The molecular formula is C15H13N3. The van der Waals surface area contributed by atoms with E-state index in [1.807, 2.05) is 54.7 Å². The zero-order valence-electron chi connectivity index (χ0n) is 9.88. The molecule has 3 heteroatoms. The summed E-state index contributed by atoms with van der Waals surface area (Å²) in [4.78, 5) is 8.97. The minimum absolute atomic E-state index is 0.529. The van der Waals surface area contributed by atoms with Crippen molar-refractivity contribution in [2.45, 2.75) is 6.54 Å². The van der Waals surface area contributed by atoms with Crippen LogP contribution < -0.4 is 5.73 Å². The Balaban J connectivity index is 2.13. The standard InChI is InChI=1S/C15H13N3/c16-9-11-4-3-6-12(8-11)15-17-10-13-5-1-2-7-14(13)18-15/h1-8,10H,9,16H2. The fourth-order valence-corrected chi connectivity index (χ4v) is 1.95. The second kappa shape index (κ2) is 4.55. The first-order valence-corrected chi connectivity index (χ1v) is 5.88. The van der Waals surface area contributed by atoms with Gasteiger partial charge in [-0.05, 0) is 17.7 Å². The molecule has 0 unspecified atom stereocenters. The average molecular weight is 235 g/mol. The Labute approximate surface area is 105 Å². The van der Waals surface area contributed by atoms with Crippen LogP contribution in [-0.4, -0.2) is 9.97 Å². The van der Waals surface area contributed by atoms with Crippen LogP contribution in [0.4, 0.5) is 0 Å². The monoisotopic (exact) mass is 235 g/mol. The smallest absolute Gasteiger partial charge is 0.159 e. The average Bonchev–Trinajstić information content (AvgIpc) is 2.47. The predicted octanol–water partition coefficient (Wildman–Crippen LogP) is 2.76. The summed E-state index contributed by atoms with van der Waals surface area (Å²) in [5.74, 6) is 0.740. The molecule has 0 atom stereocenters. The minimum atomic E-state index is 0.529. The summed E-state index contributed by atoms with van der Waals surface area (Å²) in [5, 5.41) is 1.05. The zero-order chi connectivity index (χ0) is 12.4. The molecule has 0 amide bonds. The molecule has 1 aromatic heterocycles. The highest BCUT2D eigenvalue weighted by Gasteiger charge is 2.03. The minimum Gasteiger partial charge on any atom is -0.326 e. The predicted molar refractivity (Wildman–Crippen MR) is 72.9 cm³/mol.